The summed E-state index contributed by atoms with van der Waals surface area (Å²) in [4.78, 5) is 49.0. The maximum Gasteiger partial charge on any atom is 0.416 e. The summed E-state index contributed by atoms with van der Waals surface area (Å²) < 4.78 is 40.9. The van der Waals surface area contributed by atoms with Crippen LogP contribution in [0.5, 0.6) is 0 Å². The van der Waals surface area contributed by atoms with Gasteiger partial charge in [0.05, 0.1) is 27.6 Å². The molecular formula is C27H28F3N9O2S. The van der Waals surface area contributed by atoms with Gasteiger partial charge in [-0.2, -0.15) is 13.2 Å². The molecule has 3 aromatic rings. The first-order valence-electron chi connectivity index (χ1n) is 13.2. The molecule has 2 saturated heterocycles. The second kappa shape index (κ2) is 12.4. The summed E-state index contributed by atoms with van der Waals surface area (Å²) in [5, 5.41) is 5.08. The summed E-state index contributed by atoms with van der Waals surface area (Å²) in [6, 6.07) is 3.75. The van der Waals surface area contributed by atoms with Crippen molar-refractivity contribution in [1.82, 2.24) is 35.6 Å². The van der Waals surface area contributed by atoms with Gasteiger partial charge in [0.25, 0.3) is 11.1 Å². The highest BCUT2D eigenvalue weighted by Crippen LogP contribution is 2.32. The van der Waals surface area contributed by atoms with E-state index in [0.717, 1.165) is 36.7 Å². The molecule has 0 aliphatic carbocycles. The van der Waals surface area contributed by atoms with Gasteiger partial charge in [-0.1, -0.05) is 0 Å². The molecule has 42 heavy (non-hydrogen) atoms. The lowest BCUT2D eigenvalue weighted by Crippen LogP contribution is -2.38. The van der Waals surface area contributed by atoms with Gasteiger partial charge in [-0.05, 0) is 61.3 Å². The highest BCUT2D eigenvalue weighted by Gasteiger charge is 2.32. The summed E-state index contributed by atoms with van der Waals surface area (Å²) in [6.45, 7) is 2.21. The monoisotopic (exact) mass is 599 g/mol. The van der Waals surface area contributed by atoms with Gasteiger partial charge in [-0.3, -0.25) is 19.9 Å². The number of carbonyl (C=O) groups is 2. The van der Waals surface area contributed by atoms with Crippen molar-refractivity contribution in [3.63, 3.8) is 0 Å². The first-order chi connectivity index (χ1) is 20.0. The van der Waals surface area contributed by atoms with Crippen LogP contribution in [0, 0.1) is 5.92 Å². The maximum atomic E-state index is 13.6. The van der Waals surface area contributed by atoms with E-state index in [1.807, 2.05) is 0 Å². The van der Waals surface area contributed by atoms with E-state index in [4.69, 9.17) is 0 Å². The third-order valence-electron chi connectivity index (χ3n) is 6.76. The van der Waals surface area contributed by atoms with E-state index < -0.39 is 22.9 Å². The van der Waals surface area contributed by atoms with E-state index in [0.29, 0.717) is 48.7 Å². The van der Waals surface area contributed by atoms with Crippen LogP contribution in [0.4, 0.5) is 29.9 Å². The molecule has 2 fully saturated rings. The highest BCUT2D eigenvalue weighted by molar-refractivity contribution is 8.18. The van der Waals surface area contributed by atoms with E-state index in [2.05, 4.69) is 40.5 Å². The molecule has 2 aliphatic heterocycles. The van der Waals surface area contributed by atoms with Crippen LogP contribution in [0.15, 0.2) is 41.7 Å². The number of alkyl halides is 3. The summed E-state index contributed by atoms with van der Waals surface area (Å²) >= 11 is 0.832. The lowest BCUT2D eigenvalue weighted by molar-refractivity contribution is -0.137. The van der Waals surface area contributed by atoms with Crippen LogP contribution in [0.1, 0.15) is 29.8 Å². The molecule has 5 rings (SSSR count). The van der Waals surface area contributed by atoms with Crippen LogP contribution in [0.25, 0.3) is 17.3 Å². The molecule has 3 aromatic heterocycles. The molecule has 11 nitrogen and oxygen atoms in total. The number of aromatic nitrogens is 5. The number of hydrogen-bond acceptors (Lipinski definition) is 11. The largest absolute Gasteiger partial charge is 0.416 e. The average molecular weight is 600 g/mol. The Kier molecular flexibility index (Phi) is 8.68. The molecule has 15 heteroatoms. The van der Waals surface area contributed by atoms with Crippen molar-refractivity contribution >= 4 is 40.9 Å². The molecule has 0 spiro atoms. The van der Waals surface area contributed by atoms with Crippen molar-refractivity contribution in [3.8, 4) is 11.3 Å². The molecule has 0 bridgehead atoms. The Labute approximate surface area is 244 Å². The van der Waals surface area contributed by atoms with Gasteiger partial charge in [-0.25, -0.2) is 19.9 Å². The van der Waals surface area contributed by atoms with Gasteiger partial charge < -0.3 is 15.1 Å². The second-order valence-electron chi connectivity index (χ2n) is 10.1. The molecule has 0 atom stereocenters. The van der Waals surface area contributed by atoms with E-state index in [1.54, 1.807) is 37.3 Å². The predicted octanol–water partition coefficient (Wildman–Crippen LogP) is 3.74. The van der Waals surface area contributed by atoms with Crippen molar-refractivity contribution in [3.05, 3.63) is 58.6 Å². The summed E-state index contributed by atoms with van der Waals surface area (Å²) in [7, 11) is 3.55. The zero-order valence-corrected chi connectivity index (χ0v) is 23.7. The van der Waals surface area contributed by atoms with Crippen LogP contribution in [0.2, 0.25) is 0 Å². The van der Waals surface area contributed by atoms with Crippen molar-refractivity contribution in [1.29, 1.82) is 0 Å². The summed E-state index contributed by atoms with van der Waals surface area (Å²) in [6.07, 6.45) is 3.28. The number of halogens is 3. The summed E-state index contributed by atoms with van der Waals surface area (Å²) in [5.74, 6) is 0.857. The average Bonchev–Trinajstić information content (AvgIpc) is 3.28. The van der Waals surface area contributed by atoms with Gasteiger partial charge in [0.2, 0.25) is 11.9 Å². The number of nitrogens with one attached hydrogen (secondary N) is 2. The molecule has 2 amide bonds. The molecule has 0 radical (unpaired) electrons. The highest BCUT2D eigenvalue weighted by atomic mass is 32.2. The Hall–Kier alpha value is -4.11. The number of nitrogens with zero attached hydrogens (tertiary/aromatic N) is 7. The molecule has 220 valence electrons. The normalized spacial score (nSPS) is 17.2. The SMILES string of the molecule is CN(C)c1ncc(-c2cc(C(F)(F)F)cc(CNCC3CCN(c4nccc(C=C5SC(=O)NC5=O)n4)CC3)n2)cn1. The topological polar surface area (TPSA) is 129 Å². The summed E-state index contributed by atoms with van der Waals surface area (Å²) in [5.41, 5.74) is 0.609. The number of hydrogen-bond donors (Lipinski definition) is 2. The Bertz CT molecular complexity index is 1490. The van der Waals surface area contributed by atoms with Crippen LogP contribution < -0.4 is 20.4 Å². The number of carbonyl (C=O) groups excluding carboxylic acids is 2. The van der Waals surface area contributed by atoms with Gasteiger partial charge >= 0.3 is 6.18 Å². The first-order valence-corrected chi connectivity index (χ1v) is 14.0. The van der Waals surface area contributed by atoms with Crippen molar-refractivity contribution < 1.29 is 22.8 Å². The van der Waals surface area contributed by atoms with E-state index in [9.17, 15) is 22.8 Å². The molecule has 0 aromatic carbocycles. The molecular weight excluding hydrogens is 571 g/mol. The van der Waals surface area contributed by atoms with Crippen LogP contribution in [-0.4, -0.2) is 69.8 Å². The minimum atomic E-state index is -4.51. The minimum absolute atomic E-state index is 0.164. The zero-order valence-electron chi connectivity index (χ0n) is 22.9. The third-order valence-corrected chi connectivity index (χ3v) is 7.57. The first kappa shape index (κ1) is 29.4. The number of rotatable bonds is 8. The van der Waals surface area contributed by atoms with Crippen molar-refractivity contribution in [2.45, 2.75) is 25.6 Å². The fourth-order valence-electron chi connectivity index (χ4n) is 4.57. The van der Waals surface area contributed by atoms with Crippen LogP contribution >= 0.6 is 11.8 Å². The van der Waals surface area contributed by atoms with Gasteiger partial charge in [0.15, 0.2) is 0 Å². The standard InChI is InChI=1S/C27H28F3N9O2S/c1-38(2)24-33-13-17(14-34-24)21-10-18(27(28,29)30)9-20(35-21)15-31-12-16-4-7-39(8-5-16)25-32-6-3-19(36-25)11-22-23(40)37-26(41)42-22/h3,6,9-11,13-14,16,31H,4-5,7-8,12,15H2,1-2H3,(H,37,40,41). The molecule has 0 unspecified atom stereocenters. The predicted molar refractivity (Wildman–Crippen MR) is 152 cm³/mol. The van der Waals surface area contributed by atoms with Gasteiger partial charge in [0, 0.05) is 57.9 Å². The number of amides is 2. The van der Waals surface area contributed by atoms with Gasteiger partial charge in [0.1, 0.15) is 0 Å². The number of thioether (sulfide) groups is 1. The molecule has 5 heterocycles. The Morgan fingerprint density at radius 3 is 2.50 bits per heavy atom. The molecule has 2 N–H and O–H groups in total. The van der Waals surface area contributed by atoms with Crippen molar-refractivity contribution in [2.24, 2.45) is 5.92 Å². The fourth-order valence-corrected chi connectivity index (χ4v) is 5.23. The molecule has 2 aliphatic rings. The molecule has 0 saturated carbocycles. The number of anilines is 2. The minimum Gasteiger partial charge on any atom is -0.347 e. The maximum absolute atomic E-state index is 13.6. The second-order valence-corrected chi connectivity index (χ2v) is 11.1. The smallest absolute Gasteiger partial charge is 0.347 e. The number of pyridine rings is 1. The third kappa shape index (κ3) is 7.20. The lowest BCUT2D eigenvalue weighted by Gasteiger charge is -2.32. The van der Waals surface area contributed by atoms with E-state index in [1.165, 1.54) is 12.4 Å². The number of piperidine rings is 1. The Morgan fingerprint density at radius 1 is 1.12 bits per heavy atom. The quantitative estimate of drug-likeness (QED) is 0.368. The van der Waals surface area contributed by atoms with Gasteiger partial charge in [-0.15, -0.1) is 0 Å². The van der Waals surface area contributed by atoms with Crippen LogP contribution in [-0.2, 0) is 17.5 Å². The number of imide groups is 1. The van der Waals surface area contributed by atoms with E-state index >= 15 is 0 Å². The Balaban J connectivity index is 1.18. The van der Waals surface area contributed by atoms with Crippen LogP contribution in [0.3, 0.4) is 0 Å². The zero-order chi connectivity index (χ0) is 29.9. The van der Waals surface area contributed by atoms with Crippen molar-refractivity contribution in [2.75, 3.05) is 43.5 Å². The Morgan fingerprint density at radius 2 is 1.86 bits per heavy atom. The lowest BCUT2D eigenvalue weighted by atomic mass is 9.97. The fraction of sp³-hybridized carbons (Fsp3) is 0.370. The van der Waals surface area contributed by atoms with E-state index in [-0.39, 0.29) is 22.8 Å².